The number of benzene rings is 4. The van der Waals surface area contributed by atoms with Crippen LogP contribution in [0.4, 0.5) is 0 Å². The smallest absolute Gasteiger partial charge is 0.336 e. The predicted molar refractivity (Wildman–Crippen MR) is 104 cm³/mol. The van der Waals surface area contributed by atoms with Crippen LogP contribution >= 0.6 is 0 Å². The molecule has 0 bridgehead atoms. The van der Waals surface area contributed by atoms with Crippen LogP contribution in [0.3, 0.4) is 0 Å². The third-order valence-corrected chi connectivity index (χ3v) is 5.00. The predicted octanol–water partition coefficient (Wildman–Crippen LogP) is 3.06. The van der Waals surface area contributed by atoms with Gasteiger partial charge in [0.05, 0.1) is 5.56 Å². The Hall–Kier alpha value is -3.59. The van der Waals surface area contributed by atoms with Crippen LogP contribution in [0.1, 0.15) is 10.4 Å². The Morgan fingerprint density at radius 2 is 1.46 bits per heavy atom. The van der Waals surface area contributed by atoms with Crippen LogP contribution in [-0.2, 0) is 0 Å². The van der Waals surface area contributed by atoms with Gasteiger partial charge in [-0.3, -0.25) is 0 Å². The van der Waals surface area contributed by atoms with Crippen LogP contribution < -0.4 is 15.8 Å². The standard InChI is InChI=1S/C23H15NO2/c25-23(26)19-11-15-6-2-4-8-18(15)22-20(19)13-24-12-16-10-9-14-5-1-3-7-17(14)21(16)22/h1-13,24H,(H,25,26). The number of carboxylic acids is 1. The molecular formula is C23H15NO2. The Morgan fingerprint density at radius 1 is 0.769 bits per heavy atom. The number of fused-ring (bicyclic) bond motifs is 6. The number of rotatable bonds is 1. The summed E-state index contributed by atoms with van der Waals surface area (Å²) in [4.78, 5) is 11.9. The van der Waals surface area contributed by atoms with Gasteiger partial charge in [0.1, 0.15) is 0 Å². The molecular weight excluding hydrogens is 322 g/mol. The van der Waals surface area contributed by atoms with Gasteiger partial charge in [-0.25, -0.2) is 4.79 Å². The van der Waals surface area contributed by atoms with Crippen molar-refractivity contribution in [1.29, 1.82) is 0 Å². The van der Waals surface area contributed by atoms with Crippen LogP contribution in [0.5, 0.6) is 0 Å². The Balaban J connectivity index is 2.29. The molecule has 0 amide bonds. The van der Waals surface area contributed by atoms with Crippen molar-refractivity contribution in [3.63, 3.8) is 0 Å². The summed E-state index contributed by atoms with van der Waals surface area (Å²) in [5.74, 6) is -0.922. The van der Waals surface area contributed by atoms with Gasteiger partial charge in [-0.2, -0.15) is 0 Å². The SMILES string of the molecule is O=C(O)c1cc2ccccc2c2c1=CNC=c1ccc3ccccc3c1=2. The number of nitrogens with one attached hydrogen (secondary N) is 1. The van der Waals surface area contributed by atoms with Gasteiger partial charge in [0.15, 0.2) is 0 Å². The molecule has 0 fully saturated rings. The molecule has 5 rings (SSSR count). The number of hydrogen-bond donors (Lipinski definition) is 2. The molecule has 3 nitrogen and oxygen atoms in total. The molecule has 2 N–H and O–H groups in total. The lowest BCUT2D eigenvalue weighted by Gasteiger charge is -2.06. The minimum atomic E-state index is -0.922. The van der Waals surface area contributed by atoms with E-state index in [2.05, 4.69) is 35.6 Å². The first kappa shape index (κ1) is 14.7. The fourth-order valence-corrected chi connectivity index (χ4v) is 3.86. The van der Waals surface area contributed by atoms with E-state index in [1.165, 1.54) is 0 Å². The fraction of sp³-hybridized carbons (Fsp3) is 0. The largest absolute Gasteiger partial charge is 0.478 e. The summed E-state index contributed by atoms with van der Waals surface area (Å²) in [6, 6.07) is 22.1. The molecule has 0 unspecified atom stereocenters. The summed E-state index contributed by atoms with van der Waals surface area (Å²) in [5.41, 5.74) is 0.306. The zero-order valence-corrected chi connectivity index (χ0v) is 13.9. The minimum Gasteiger partial charge on any atom is -0.478 e. The maximum Gasteiger partial charge on any atom is 0.336 e. The molecule has 1 aliphatic heterocycles. The Morgan fingerprint density at radius 3 is 2.23 bits per heavy atom. The highest BCUT2D eigenvalue weighted by Gasteiger charge is 2.12. The van der Waals surface area contributed by atoms with E-state index in [-0.39, 0.29) is 0 Å². The van der Waals surface area contributed by atoms with Crippen molar-refractivity contribution < 1.29 is 9.90 Å². The quantitative estimate of drug-likeness (QED) is 0.561. The van der Waals surface area contributed by atoms with Crippen molar-refractivity contribution >= 4 is 39.9 Å². The molecule has 3 heteroatoms. The maximum atomic E-state index is 11.9. The van der Waals surface area contributed by atoms with Crippen LogP contribution in [0, 0.1) is 10.4 Å². The zero-order valence-electron chi connectivity index (χ0n) is 13.9. The maximum absolute atomic E-state index is 11.9. The van der Waals surface area contributed by atoms with E-state index >= 15 is 0 Å². The van der Waals surface area contributed by atoms with E-state index in [1.54, 1.807) is 12.3 Å². The van der Waals surface area contributed by atoms with Crippen LogP contribution in [0.15, 0.2) is 66.7 Å². The molecule has 4 aromatic carbocycles. The van der Waals surface area contributed by atoms with Crippen molar-refractivity contribution in [2.24, 2.45) is 0 Å². The van der Waals surface area contributed by atoms with Gasteiger partial charge in [0, 0.05) is 22.8 Å². The Kier molecular flexibility index (Phi) is 3.09. The normalized spacial score (nSPS) is 12.3. The van der Waals surface area contributed by atoms with Crippen molar-refractivity contribution in [3.05, 3.63) is 93.2 Å². The van der Waals surface area contributed by atoms with E-state index in [9.17, 15) is 9.90 Å². The summed E-state index contributed by atoms with van der Waals surface area (Å²) in [6.45, 7) is 0. The van der Waals surface area contributed by atoms with E-state index in [1.807, 2.05) is 36.5 Å². The molecule has 0 radical (unpaired) electrons. The first-order chi connectivity index (χ1) is 12.7. The first-order valence-electron chi connectivity index (χ1n) is 8.48. The van der Waals surface area contributed by atoms with E-state index in [4.69, 9.17) is 0 Å². The average molecular weight is 337 g/mol. The second-order valence-electron chi connectivity index (χ2n) is 6.45. The second kappa shape index (κ2) is 5.46. The Labute approximate surface area is 148 Å². The molecule has 26 heavy (non-hydrogen) atoms. The van der Waals surface area contributed by atoms with Crippen LogP contribution in [0.25, 0.3) is 33.9 Å². The second-order valence-corrected chi connectivity index (χ2v) is 6.45. The third kappa shape index (κ3) is 2.04. The van der Waals surface area contributed by atoms with E-state index in [0.717, 1.165) is 37.2 Å². The highest BCUT2D eigenvalue weighted by atomic mass is 16.4. The first-order valence-corrected chi connectivity index (χ1v) is 8.48. The minimum absolute atomic E-state index is 0.306. The van der Waals surface area contributed by atoms with Crippen LogP contribution in [0.2, 0.25) is 0 Å². The van der Waals surface area contributed by atoms with E-state index < -0.39 is 5.97 Å². The monoisotopic (exact) mass is 337 g/mol. The van der Waals surface area contributed by atoms with Gasteiger partial charge >= 0.3 is 5.97 Å². The molecule has 1 aliphatic rings. The number of carboxylic acid groups (broad SMARTS) is 1. The fourth-order valence-electron chi connectivity index (χ4n) is 3.86. The summed E-state index contributed by atoms with van der Waals surface area (Å²) >= 11 is 0. The highest BCUT2D eigenvalue weighted by Crippen LogP contribution is 2.19. The molecule has 124 valence electrons. The number of aromatic carboxylic acids is 1. The van der Waals surface area contributed by atoms with Gasteiger partial charge < -0.3 is 10.4 Å². The van der Waals surface area contributed by atoms with Gasteiger partial charge in [0.25, 0.3) is 0 Å². The molecule has 0 saturated carbocycles. The molecule has 0 aliphatic carbocycles. The molecule has 0 aromatic heterocycles. The molecule has 0 spiro atoms. The highest BCUT2D eigenvalue weighted by molar-refractivity contribution is 5.96. The zero-order chi connectivity index (χ0) is 17.7. The molecule has 0 saturated heterocycles. The lowest BCUT2D eigenvalue weighted by Crippen LogP contribution is -2.19. The third-order valence-electron chi connectivity index (χ3n) is 5.00. The summed E-state index contributed by atoms with van der Waals surface area (Å²) < 4.78 is 0. The summed E-state index contributed by atoms with van der Waals surface area (Å²) in [5, 5.41) is 21.0. The van der Waals surface area contributed by atoms with Crippen molar-refractivity contribution in [2.45, 2.75) is 0 Å². The summed E-state index contributed by atoms with van der Waals surface area (Å²) in [7, 11) is 0. The van der Waals surface area contributed by atoms with Gasteiger partial charge in [-0.05, 0) is 38.0 Å². The number of carbonyl (C=O) groups is 1. The topological polar surface area (TPSA) is 49.3 Å². The van der Waals surface area contributed by atoms with Crippen molar-refractivity contribution in [1.82, 2.24) is 5.32 Å². The average Bonchev–Trinajstić information content (AvgIpc) is 2.87. The molecule has 4 aromatic rings. The van der Waals surface area contributed by atoms with Crippen LogP contribution in [-0.4, -0.2) is 11.1 Å². The lowest BCUT2D eigenvalue weighted by molar-refractivity contribution is 0.0695. The van der Waals surface area contributed by atoms with Gasteiger partial charge in [0.2, 0.25) is 0 Å². The van der Waals surface area contributed by atoms with Gasteiger partial charge in [-0.1, -0.05) is 60.7 Å². The molecule has 1 heterocycles. The lowest BCUT2D eigenvalue weighted by atomic mass is 9.97. The molecule has 0 atom stereocenters. The van der Waals surface area contributed by atoms with Gasteiger partial charge in [-0.15, -0.1) is 0 Å². The van der Waals surface area contributed by atoms with Crippen molar-refractivity contribution in [2.75, 3.05) is 0 Å². The van der Waals surface area contributed by atoms with Crippen molar-refractivity contribution in [3.8, 4) is 0 Å². The van der Waals surface area contributed by atoms with E-state index in [0.29, 0.717) is 10.8 Å². The Bertz CT molecular complexity index is 1440. The summed E-state index contributed by atoms with van der Waals surface area (Å²) in [6.07, 6.45) is 3.72. The number of hydrogen-bond acceptors (Lipinski definition) is 2.